The molecule has 3 nitrogen and oxygen atoms in total. The van der Waals surface area contributed by atoms with Crippen molar-refractivity contribution in [3.8, 4) is 11.1 Å². The number of anilines is 1. The van der Waals surface area contributed by atoms with Gasteiger partial charge >= 0.3 is 0 Å². The summed E-state index contributed by atoms with van der Waals surface area (Å²) in [7, 11) is 0. The van der Waals surface area contributed by atoms with Gasteiger partial charge in [0.2, 0.25) is 0 Å². The second-order valence-corrected chi connectivity index (χ2v) is 4.35. The minimum absolute atomic E-state index is 0.250. The smallest absolute Gasteiger partial charge is 0.292 e. The van der Waals surface area contributed by atoms with Crippen molar-refractivity contribution in [3.05, 3.63) is 78.8 Å². The van der Waals surface area contributed by atoms with Crippen LogP contribution in [0.1, 0.15) is 10.6 Å². The molecule has 0 radical (unpaired) electrons. The van der Waals surface area contributed by atoms with Gasteiger partial charge < -0.3 is 9.73 Å². The highest BCUT2D eigenvalue weighted by Crippen LogP contribution is 2.25. The summed E-state index contributed by atoms with van der Waals surface area (Å²) in [6, 6.07) is 20.8. The predicted molar refractivity (Wildman–Crippen MR) is 78.5 cm³/mol. The summed E-state index contributed by atoms with van der Waals surface area (Å²) in [5.41, 5.74) is 2.49. The minimum Gasteiger partial charge on any atom is -0.459 e. The Hall–Kier alpha value is -2.81. The molecule has 0 saturated heterocycles. The van der Waals surface area contributed by atoms with Gasteiger partial charge in [0.1, 0.15) is 0 Å². The van der Waals surface area contributed by atoms with Gasteiger partial charge in [-0.15, -0.1) is 0 Å². The van der Waals surface area contributed by atoms with Gasteiger partial charge in [-0.25, -0.2) is 0 Å². The summed E-state index contributed by atoms with van der Waals surface area (Å²) in [5, 5.41) is 2.82. The highest BCUT2D eigenvalue weighted by Gasteiger charge is 2.16. The van der Waals surface area contributed by atoms with Crippen molar-refractivity contribution in [1.29, 1.82) is 0 Å². The Morgan fingerprint density at radius 3 is 2.20 bits per heavy atom. The van der Waals surface area contributed by atoms with Crippen molar-refractivity contribution < 1.29 is 9.21 Å². The lowest BCUT2D eigenvalue weighted by Gasteiger charge is -2.05. The van der Waals surface area contributed by atoms with Gasteiger partial charge in [0.15, 0.2) is 5.76 Å². The first-order valence-corrected chi connectivity index (χ1v) is 6.34. The summed E-state index contributed by atoms with van der Waals surface area (Å²) in [5.74, 6) is 0.0695. The maximum atomic E-state index is 12.3. The van der Waals surface area contributed by atoms with Crippen LogP contribution in [0.25, 0.3) is 11.1 Å². The molecule has 3 heteroatoms. The van der Waals surface area contributed by atoms with Crippen LogP contribution in [0.2, 0.25) is 0 Å². The Morgan fingerprint density at radius 1 is 0.850 bits per heavy atom. The van der Waals surface area contributed by atoms with Gasteiger partial charge in [0.05, 0.1) is 6.26 Å². The van der Waals surface area contributed by atoms with Crippen LogP contribution in [0.4, 0.5) is 5.69 Å². The molecule has 98 valence electrons. The Balaban J connectivity index is 1.88. The molecule has 2 aromatic carbocycles. The quantitative estimate of drug-likeness (QED) is 0.769. The first-order chi connectivity index (χ1) is 9.84. The van der Waals surface area contributed by atoms with E-state index in [4.69, 9.17) is 4.42 Å². The zero-order valence-corrected chi connectivity index (χ0v) is 10.7. The molecule has 1 N–H and O–H groups in total. The maximum absolute atomic E-state index is 12.3. The summed E-state index contributed by atoms with van der Waals surface area (Å²) >= 11 is 0. The molecule has 0 fully saturated rings. The molecule has 0 aliphatic carbocycles. The number of carbonyl (C=O) groups excluding carboxylic acids is 1. The van der Waals surface area contributed by atoms with E-state index in [0.29, 0.717) is 5.76 Å². The van der Waals surface area contributed by atoms with E-state index >= 15 is 0 Å². The van der Waals surface area contributed by atoms with Crippen LogP contribution in [-0.2, 0) is 0 Å². The second-order valence-electron chi connectivity index (χ2n) is 4.35. The number of carbonyl (C=O) groups is 1. The molecule has 0 aliphatic rings. The van der Waals surface area contributed by atoms with Crippen LogP contribution < -0.4 is 5.32 Å². The largest absolute Gasteiger partial charge is 0.459 e. The van der Waals surface area contributed by atoms with E-state index in [1.54, 1.807) is 6.07 Å². The van der Waals surface area contributed by atoms with Gasteiger partial charge in [-0.05, 0) is 23.8 Å². The number of para-hydroxylation sites is 1. The number of hydrogen-bond acceptors (Lipinski definition) is 2. The summed E-state index contributed by atoms with van der Waals surface area (Å²) in [6.07, 6.45) is 1.53. The fourth-order valence-electron chi connectivity index (χ4n) is 2.04. The predicted octanol–water partition coefficient (Wildman–Crippen LogP) is 4.20. The lowest BCUT2D eigenvalue weighted by Crippen LogP contribution is -2.11. The topological polar surface area (TPSA) is 42.2 Å². The molecule has 1 aromatic heterocycles. The molecule has 0 aliphatic heterocycles. The SMILES string of the molecule is O=C(Nc1ccccc1)c1occc1-c1ccccc1. The molecule has 0 unspecified atom stereocenters. The molecular formula is C17H13NO2. The third-order valence-corrected chi connectivity index (χ3v) is 2.99. The fourth-order valence-corrected chi connectivity index (χ4v) is 2.04. The third kappa shape index (κ3) is 2.47. The lowest BCUT2D eigenvalue weighted by atomic mass is 10.1. The van der Waals surface area contributed by atoms with E-state index in [1.165, 1.54) is 6.26 Å². The number of nitrogens with one attached hydrogen (secondary N) is 1. The number of amides is 1. The van der Waals surface area contributed by atoms with Crippen LogP contribution in [0, 0.1) is 0 Å². The van der Waals surface area contributed by atoms with Crippen LogP contribution in [-0.4, -0.2) is 5.91 Å². The van der Waals surface area contributed by atoms with E-state index in [2.05, 4.69) is 5.32 Å². The molecular weight excluding hydrogens is 250 g/mol. The second kappa shape index (κ2) is 5.45. The monoisotopic (exact) mass is 263 g/mol. The van der Waals surface area contributed by atoms with Crippen LogP contribution >= 0.6 is 0 Å². The average Bonchev–Trinajstić information content (AvgIpc) is 2.99. The molecule has 20 heavy (non-hydrogen) atoms. The summed E-state index contributed by atoms with van der Waals surface area (Å²) < 4.78 is 5.34. The Labute approximate surface area is 116 Å². The van der Waals surface area contributed by atoms with E-state index in [9.17, 15) is 4.79 Å². The molecule has 0 saturated carbocycles. The molecule has 3 rings (SSSR count). The first kappa shape index (κ1) is 12.2. The first-order valence-electron chi connectivity index (χ1n) is 6.34. The zero-order chi connectivity index (χ0) is 13.8. The number of hydrogen-bond donors (Lipinski definition) is 1. The Bertz CT molecular complexity index is 702. The highest BCUT2D eigenvalue weighted by atomic mass is 16.3. The number of rotatable bonds is 3. The van der Waals surface area contributed by atoms with Crippen molar-refractivity contribution >= 4 is 11.6 Å². The van der Waals surface area contributed by atoms with Gasteiger partial charge in [-0.2, -0.15) is 0 Å². The van der Waals surface area contributed by atoms with Crippen LogP contribution in [0.15, 0.2) is 77.4 Å². The highest BCUT2D eigenvalue weighted by molar-refractivity contribution is 6.06. The summed E-state index contributed by atoms with van der Waals surface area (Å²) in [6.45, 7) is 0. The molecule has 1 heterocycles. The lowest BCUT2D eigenvalue weighted by molar-refractivity contribution is 0.0997. The van der Waals surface area contributed by atoms with Crippen LogP contribution in [0.5, 0.6) is 0 Å². The minimum atomic E-state index is -0.250. The van der Waals surface area contributed by atoms with E-state index in [0.717, 1.165) is 16.8 Å². The fraction of sp³-hybridized carbons (Fsp3) is 0. The van der Waals surface area contributed by atoms with Crippen molar-refractivity contribution in [1.82, 2.24) is 0 Å². The van der Waals surface area contributed by atoms with Gasteiger partial charge in [0, 0.05) is 11.3 Å². The van der Waals surface area contributed by atoms with Crippen molar-refractivity contribution in [2.45, 2.75) is 0 Å². The van der Waals surface area contributed by atoms with E-state index in [-0.39, 0.29) is 5.91 Å². The van der Waals surface area contributed by atoms with Gasteiger partial charge in [-0.1, -0.05) is 48.5 Å². The molecule has 1 amide bonds. The Kier molecular flexibility index (Phi) is 3.33. The van der Waals surface area contributed by atoms with Crippen molar-refractivity contribution in [2.24, 2.45) is 0 Å². The molecule has 0 atom stereocenters. The number of furan rings is 1. The number of benzene rings is 2. The van der Waals surface area contributed by atoms with E-state index < -0.39 is 0 Å². The van der Waals surface area contributed by atoms with Crippen molar-refractivity contribution in [3.63, 3.8) is 0 Å². The molecule has 0 bridgehead atoms. The molecule has 3 aromatic rings. The normalized spacial score (nSPS) is 10.2. The molecule has 0 spiro atoms. The third-order valence-electron chi connectivity index (χ3n) is 2.99. The maximum Gasteiger partial charge on any atom is 0.292 e. The van der Waals surface area contributed by atoms with Gasteiger partial charge in [-0.3, -0.25) is 4.79 Å². The Morgan fingerprint density at radius 2 is 1.50 bits per heavy atom. The van der Waals surface area contributed by atoms with Gasteiger partial charge in [0.25, 0.3) is 5.91 Å². The zero-order valence-electron chi connectivity index (χ0n) is 10.7. The summed E-state index contributed by atoms with van der Waals surface area (Å²) in [4.78, 5) is 12.3. The standard InChI is InChI=1S/C17H13NO2/c19-17(18-14-9-5-2-6-10-14)16-15(11-12-20-16)13-7-3-1-4-8-13/h1-12H,(H,18,19). The van der Waals surface area contributed by atoms with Crippen LogP contribution in [0.3, 0.4) is 0 Å². The average molecular weight is 263 g/mol. The van der Waals surface area contributed by atoms with E-state index in [1.807, 2.05) is 60.7 Å². The van der Waals surface area contributed by atoms with Crippen molar-refractivity contribution in [2.75, 3.05) is 5.32 Å².